The number of nitro benzene ring substituents is 1. The Morgan fingerprint density at radius 2 is 1.86 bits per heavy atom. The van der Waals surface area contributed by atoms with Crippen molar-refractivity contribution in [1.82, 2.24) is 0 Å². The van der Waals surface area contributed by atoms with Crippen LogP contribution in [-0.2, 0) is 0 Å². The minimum Gasteiger partial charge on any atom is -0.379 e. The SMILES string of the molecule is Cc1cccc(NCCC(C)c2ccccc2)c1[N+](=O)[O-]. The van der Waals surface area contributed by atoms with Gasteiger partial charge >= 0.3 is 0 Å². The van der Waals surface area contributed by atoms with Gasteiger partial charge in [0.15, 0.2) is 0 Å². The van der Waals surface area contributed by atoms with Crippen molar-refractivity contribution in [1.29, 1.82) is 0 Å². The summed E-state index contributed by atoms with van der Waals surface area (Å²) in [5.41, 5.74) is 2.74. The first-order valence-corrected chi connectivity index (χ1v) is 7.12. The Morgan fingerprint density at radius 1 is 1.14 bits per heavy atom. The molecule has 4 nitrogen and oxygen atoms in total. The van der Waals surface area contributed by atoms with E-state index in [1.165, 1.54) is 5.56 Å². The zero-order valence-corrected chi connectivity index (χ0v) is 12.4. The lowest BCUT2D eigenvalue weighted by Crippen LogP contribution is -2.08. The number of aryl methyl sites for hydroxylation is 1. The number of hydrogen-bond acceptors (Lipinski definition) is 3. The first-order valence-electron chi connectivity index (χ1n) is 7.12. The Hall–Kier alpha value is -2.36. The quantitative estimate of drug-likeness (QED) is 0.627. The predicted molar refractivity (Wildman–Crippen MR) is 85.8 cm³/mol. The fourth-order valence-electron chi connectivity index (χ4n) is 2.42. The highest BCUT2D eigenvalue weighted by atomic mass is 16.6. The fraction of sp³-hybridized carbons (Fsp3) is 0.294. The van der Waals surface area contributed by atoms with Crippen LogP contribution in [0.3, 0.4) is 0 Å². The first kappa shape index (κ1) is 15.0. The molecule has 0 heterocycles. The fourth-order valence-corrected chi connectivity index (χ4v) is 2.42. The molecule has 0 saturated carbocycles. The van der Waals surface area contributed by atoms with Gasteiger partial charge in [-0.1, -0.05) is 49.4 Å². The van der Waals surface area contributed by atoms with Crippen molar-refractivity contribution in [3.8, 4) is 0 Å². The Kier molecular flexibility index (Phi) is 4.93. The maximum atomic E-state index is 11.1. The molecule has 0 amide bonds. The summed E-state index contributed by atoms with van der Waals surface area (Å²) in [5, 5.41) is 14.3. The van der Waals surface area contributed by atoms with Crippen molar-refractivity contribution < 1.29 is 4.92 Å². The molecule has 110 valence electrons. The summed E-state index contributed by atoms with van der Waals surface area (Å²) in [5.74, 6) is 0.419. The number of nitrogens with zero attached hydrogens (tertiary/aromatic N) is 1. The zero-order chi connectivity index (χ0) is 15.2. The van der Waals surface area contributed by atoms with E-state index in [0.29, 0.717) is 23.7 Å². The van der Waals surface area contributed by atoms with Crippen LogP contribution in [0.2, 0.25) is 0 Å². The number of hydrogen-bond donors (Lipinski definition) is 1. The number of nitrogens with one attached hydrogen (secondary N) is 1. The number of anilines is 1. The summed E-state index contributed by atoms with van der Waals surface area (Å²) in [6.07, 6.45) is 0.926. The molecule has 0 aliphatic rings. The van der Waals surface area contributed by atoms with Gasteiger partial charge in [-0.3, -0.25) is 10.1 Å². The Balaban J connectivity index is 1.98. The minimum absolute atomic E-state index is 0.171. The van der Waals surface area contributed by atoms with Crippen molar-refractivity contribution >= 4 is 11.4 Å². The number of nitro groups is 1. The van der Waals surface area contributed by atoms with Gasteiger partial charge in [0.05, 0.1) is 4.92 Å². The smallest absolute Gasteiger partial charge is 0.295 e. The molecule has 1 N–H and O–H groups in total. The molecule has 1 unspecified atom stereocenters. The summed E-state index contributed by atoms with van der Waals surface area (Å²) in [6, 6.07) is 15.7. The number of benzene rings is 2. The van der Waals surface area contributed by atoms with Gasteiger partial charge in [0.25, 0.3) is 5.69 Å². The summed E-state index contributed by atoms with van der Waals surface area (Å²) in [6.45, 7) is 4.64. The average Bonchev–Trinajstić information content (AvgIpc) is 2.47. The molecule has 2 rings (SSSR count). The molecule has 1 atom stereocenters. The second kappa shape index (κ2) is 6.88. The second-order valence-corrected chi connectivity index (χ2v) is 5.26. The molecule has 0 aliphatic heterocycles. The van der Waals surface area contributed by atoms with E-state index in [9.17, 15) is 10.1 Å². The maximum Gasteiger partial charge on any atom is 0.295 e. The van der Waals surface area contributed by atoms with Gasteiger partial charge in [-0.25, -0.2) is 0 Å². The van der Waals surface area contributed by atoms with Gasteiger partial charge in [-0.15, -0.1) is 0 Å². The second-order valence-electron chi connectivity index (χ2n) is 5.26. The van der Waals surface area contributed by atoms with Crippen LogP contribution in [0.4, 0.5) is 11.4 Å². The molecule has 0 radical (unpaired) electrons. The maximum absolute atomic E-state index is 11.1. The first-order chi connectivity index (χ1) is 10.1. The normalized spacial score (nSPS) is 11.9. The van der Waals surface area contributed by atoms with Crippen LogP contribution >= 0.6 is 0 Å². The van der Waals surface area contributed by atoms with E-state index in [-0.39, 0.29) is 10.6 Å². The molecule has 0 bridgehead atoms. The summed E-state index contributed by atoms with van der Waals surface area (Å²) >= 11 is 0. The van der Waals surface area contributed by atoms with E-state index in [0.717, 1.165) is 6.42 Å². The molecule has 0 saturated heterocycles. The molecule has 0 aliphatic carbocycles. The average molecular weight is 284 g/mol. The highest BCUT2D eigenvalue weighted by molar-refractivity contribution is 5.64. The molecular weight excluding hydrogens is 264 g/mol. The third kappa shape index (κ3) is 3.81. The van der Waals surface area contributed by atoms with Crippen molar-refractivity contribution in [2.24, 2.45) is 0 Å². The minimum atomic E-state index is -0.321. The summed E-state index contributed by atoms with van der Waals surface area (Å²) in [7, 11) is 0. The van der Waals surface area contributed by atoms with Gasteiger partial charge in [0.1, 0.15) is 5.69 Å². The highest BCUT2D eigenvalue weighted by Crippen LogP contribution is 2.28. The van der Waals surface area contributed by atoms with Crippen LogP contribution in [0.5, 0.6) is 0 Å². The van der Waals surface area contributed by atoms with Gasteiger partial charge < -0.3 is 5.32 Å². The lowest BCUT2D eigenvalue weighted by atomic mass is 9.98. The van der Waals surface area contributed by atoms with Crippen LogP contribution in [-0.4, -0.2) is 11.5 Å². The van der Waals surface area contributed by atoms with E-state index in [4.69, 9.17) is 0 Å². The molecule has 0 spiro atoms. The molecular formula is C17H20N2O2. The van der Waals surface area contributed by atoms with Crippen LogP contribution in [0.25, 0.3) is 0 Å². The van der Waals surface area contributed by atoms with Crippen molar-refractivity contribution in [2.45, 2.75) is 26.2 Å². The van der Waals surface area contributed by atoms with Gasteiger partial charge in [-0.05, 0) is 30.9 Å². The Morgan fingerprint density at radius 3 is 2.52 bits per heavy atom. The largest absolute Gasteiger partial charge is 0.379 e. The van der Waals surface area contributed by atoms with E-state index in [1.807, 2.05) is 24.3 Å². The zero-order valence-electron chi connectivity index (χ0n) is 12.4. The van der Waals surface area contributed by atoms with E-state index < -0.39 is 0 Å². The van der Waals surface area contributed by atoms with E-state index in [1.54, 1.807) is 19.1 Å². The number of para-hydroxylation sites is 1. The standard InChI is InChI=1S/C17H20N2O2/c1-13(15-8-4-3-5-9-15)11-12-18-16-10-6-7-14(2)17(16)19(20)21/h3-10,13,18H,11-12H2,1-2H3. The predicted octanol–water partition coefficient (Wildman–Crippen LogP) is 4.51. The lowest BCUT2D eigenvalue weighted by Gasteiger charge is -2.13. The molecule has 2 aromatic rings. The van der Waals surface area contributed by atoms with Crippen LogP contribution < -0.4 is 5.32 Å². The van der Waals surface area contributed by atoms with Crippen molar-refractivity contribution in [3.05, 3.63) is 69.8 Å². The molecule has 2 aromatic carbocycles. The molecule has 21 heavy (non-hydrogen) atoms. The highest BCUT2D eigenvalue weighted by Gasteiger charge is 2.16. The van der Waals surface area contributed by atoms with Crippen LogP contribution in [0, 0.1) is 17.0 Å². The summed E-state index contributed by atoms with van der Waals surface area (Å²) in [4.78, 5) is 10.8. The van der Waals surface area contributed by atoms with Gasteiger partial charge in [0.2, 0.25) is 0 Å². The third-order valence-corrected chi connectivity index (χ3v) is 3.68. The monoisotopic (exact) mass is 284 g/mol. The molecule has 0 fully saturated rings. The Labute approximate surface area is 125 Å². The van der Waals surface area contributed by atoms with Crippen molar-refractivity contribution in [3.63, 3.8) is 0 Å². The van der Waals surface area contributed by atoms with Gasteiger partial charge in [-0.2, -0.15) is 0 Å². The molecule has 0 aromatic heterocycles. The van der Waals surface area contributed by atoms with Crippen LogP contribution in [0.1, 0.15) is 30.4 Å². The topological polar surface area (TPSA) is 55.2 Å². The number of rotatable bonds is 6. The van der Waals surface area contributed by atoms with Crippen LogP contribution in [0.15, 0.2) is 48.5 Å². The summed E-state index contributed by atoms with van der Waals surface area (Å²) < 4.78 is 0. The van der Waals surface area contributed by atoms with Gasteiger partial charge in [0, 0.05) is 12.1 Å². The third-order valence-electron chi connectivity index (χ3n) is 3.68. The van der Waals surface area contributed by atoms with E-state index in [2.05, 4.69) is 24.4 Å². The van der Waals surface area contributed by atoms with Crippen molar-refractivity contribution in [2.75, 3.05) is 11.9 Å². The van der Waals surface area contributed by atoms with E-state index >= 15 is 0 Å². The lowest BCUT2D eigenvalue weighted by molar-refractivity contribution is -0.384. The Bertz CT molecular complexity index is 611. The molecule has 4 heteroatoms.